The van der Waals surface area contributed by atoms with Gasteiger partial charge in [-0.05, 0) is 17.7 Å². The van der Waals surface area contributed by atoms with Crippen LogP contribution in [0.3, 0.4) is 0 Å². The van der Waals surface area contributed by atoms with Crippen molar-refractivity contribution in [2.24, 2.45) is 0 Å². The van der Waals surface area contributed by atoms with Crippen molar-refractivity contribution in [1.82, 2.24) is 5.32 Å². The molecule has 0 aliphatic heterocycles. The van der Waals surface area contributed by atoms with Crippen LogP contribution in [-0.4, -0.2) is 85.3 Å². The molecule has 2 aromatic rings. The van der Waals surface area contributed by atoms with Crippen LogP contribution < -0.4 is 15.8 Å². The van der Waals surface area contributed by atoms with Crippen molar-refractivity contribution in [3.63, 3.8) is 0 Å². The molecule has 0 saturated carbocycles. The molecule has 0 unspecified atom stereocenters. The van der Waals surface area contributed by atoms with Crippen LogP contribution in [0, 0.1) is 0 Å². The van der Waals surface area contributed by atoms with E-state index in [4.69, 9.17) is 38.9 Å². The summed E-state index contributed by atoms with van der Waals surface area (Å²) in [6.07, 6.45) is -0.466. The van der Waals surface area contributed by atoms with Gasteiger partial charge in [-0.25, -0.2) is 4.79 Å². The molecule has 10 nitrogen and oxygen atoms in total. The van der Waals surface area contributed by atoms with Gasteiger partial charge in [-0.1, -0.05) is 42.5 Å². The standard InChI is InChI=1S/C26H38N2O8/c27-24-8-4-5-9-25(24)35-21-20-34-19-18-33-17-16-32-15-14-31-13-12-30-11-10-28-26(29)36-22-23-6-2-1-3-7-23/h1-9H,10-22,27H2,(H,28,29). The lowest BCUT2D eigenvalue weighted by atomic mass is 10.2. The summed E-state index contributed by atoms with van der Waals surface area (Å²) in [7, 11) is 0. The Kier molecular flexibility index (Phi) is 16.6. The lowest BCUT2D eigenvalue weighted by Crippen LogP contribution is -2.28. The Labute approximate surface area is 212 Å². The molecule has 1 amide bonds. The molecule has 10 heteroatoms. The first-order valence-corrected chi connectivity index (χ1v) is 12.1. The van der Waals surface area contributed by atoms with E-state index in [0.717, 1.165) is 5.56 Å². The Bertz CT molecular complexity index is 810. The highest BCUT2D eigenvalue weighted by Gasteiger charge is 2.02. The molecule has 0 radical (unpaired) electrons. The van der Waals surface area contributed by atoms with Crippen LogP contribution in [0.1, 0.15) is 5.56 Å². The maximum Gasteiger partial charge on any atom is 0.407 e. The van der Waals surface area contributed by atoms with Gasteiger partial charge in [0.15, 0.2) is 0 Å². The molecule has 2 rings (SSSR count). The first-order chi connectivity index (χ1) is 17.8. The summed E-state index contributed by atoms with van der Waals surface area (Å²) in [5.41, 5.74) is 7.35. The van der Waals surface area contributed by atoms with E-state index in [9.17, 15) is 4.79 Å². The summed E-state index contributed by atoms with van der Waals surface area (Å²) < 4.78 is 37.8. The number of hydrogen-bond acceptors (Lipinski definition) is 9. The largest absolute Gasteiger partial charge is 0.489 e. The maximum atomic E-state index is 11.6. The molecule has 0 saturated heterocycles. The van der Waals surface area contributed by atoms with Crippen LogP contribution in [0.2, 0.25) is 0 Å². The second-order valence-corrected chi connectivity index (χ2v) is 7.44. The average molecular weight is 507 g/mol. The van der Waals surface area contributed by atoms with Gasteiger partial charge in [0.1, 0.15) is 19.0 Å². The Balaban J connectivity index is 1.24. The van der Waals surface area contributed by atoms with Gasteiger partial charge in [0.25, 0.3) is 0 Å². The van der Waals surface area contributed by atoms with Crippen LogP contribution in [0.15, 0.2) is 54.6 Å². The number of nitrogens with two attached hydrogens (primary N) is 1. The third-order valence-electron chi connectivity index (χ3n) is 4.62. The van der Waals surface area contributed by atoms with E-state index in [1.54, 1.807) is 6.07 Å². The van der Waals surface area contributed by atoms with Crippen molar-refractivity contribution in [2.75, 3.05) is 85.0 Å². The third kappa shape index (κ3) is 15.2. The van der Waals surface area contributed by atoms with Gasteiger partial charge < -0.3 is 44.2 Å². The van der Waals surface area contributed by atoms with Gasteiger partial charge in [-0.3, -0.25) is 0 Å². The number of nitrogen functional groups attached to an aromatic ring is 1. The number of para-hydroxylation sites is 2. The summed E-state index contributed by atoms with van der Waals surface area (Å²) in [4.78, 5) is 11.6. The smallest absolute Gasteiger partial charge is 0.407 e. The number of amides is 1. The van der Waals surface area contributed by atoms with Crippen molar-refractivity contribution < 1.29 is 38.0 Å². The third-order valence-corrected chi connectivity index (χ3v) is 4.62. The highest BCUT2D eigenvalue weighted by atomic mass is 16.6. The molecular weight excluding hydrogens is 468 g/mol. The molecular formula is C26H38N2O8. The van der Waals surface area contributed by atoms with Gasteiger partial charge in [-0.15, -0.1) is 0 Å². The van der Waals surface area contributed by atoms with E-state index in [0.29, 0.717) is 90.7 Å². The molecule has 3 N–H and O–H groups in total. The van der Waals surface area contributed by atoms with Gasteiger partial charge in [0, 0.05) is 6.54 Å². The zero-order chi connectivity index (χ0) is 25.5. The quantitative estimate of drug-likeness (QED) is 0.194. The van der Waals surface area contributed by atoms with E-state index in [1.807, 2.05) is 48.5 Å². The highest BCUT2D eigenvalue weighted by molar-refractivity contribution is 5.67. The predicted octanol–water partition coefficient (Wildman–Crippen LogP) is 2.66. The number of carbonyl (C=O) groups excluding carboxylic acids is 1. The summed E-state index contributed by atoms with van der Waals surface area (Å²) >= 11 is 0. The second-order valence-electron chi connectivity index (χ2n) is 7.44. The molecule has 0 spiro atoms. The van der Waals surface area contributed by atoms with Crippen LogP contribution in [0.25, 0.3) is 0 Å². The van der Waals surface area contributed by atoms with Crippen LogP contribution in [-0.2, 0) is 35.0 Å². The fourth-order valence-electron chi connectivity index (χ4n) is 2.80. The average Bonchev–Trinajstić information content (AvgIpc) is 2.90. The van der Waals surface area contributed by atoms with Crippen LogP contribution >= 0.6 is 0 Å². The Morgan fingerprint density at radius 1 is 0.639 bits per heavy atom. The topological polar surface area (TPSA) is 120 Å². The molecule has 200 valence electrons. The molecule has 0 fully saturated rings. The van der Waals surface area contributed by atoms with Gasteiger partial charge >= 0.3 is 6.09 Å². The number of nitrogens with one attached hydrogen (secondary N) is 1. The molecule has 36 heavy (non-hydrogen) atoms. The van der Waals surface area contributed by atoms with E-state index >= 15 is 0 Å². The molecule has 0 heterocycles. The first kappa shape index (κ1) is 29.3. The minimum absolute atomic E-state index is 0.242. The van der Waals surface area contributed by atoms with Gasteiger partial charge in [-0.2, -0.15) is 0 Å². The summed E-state index contributed by atoms with van der Waals surface area (Å²) in [5.74, 6) is 0.664. The summed E-state index contributed by atoms with van der Waals surface area (Å²) in [6.45, 7) is 5.70. The van der Waals surface area contributed by atoms with Crippen molar-refractivity contribution in [3.8, 4) is 5.75 Å². The van der Waals surface area contributed by atoms with E-state index < -0.39 is 6.09 Å². The van der Waals surface area contributed by atoms with E-state index in [2.05, 4.69) is 5.32 Å². The normalized spacial score (nSPS) is 10.8. The fourth-order valence-corrected chi connectivity index (χ4v) is 2.80. The van der Waals surface area contributed by atoms with Crippen molar-refractivity contribution in [2.45, 2.75) is 6.61 Å². The minimum Gasteiger partial charge on any atom is -0.489 e. The molecule has 0 aliphatic rings. The SMILES string of the molecule is Nc1ccccc1OCCOCCOCCOCCOCCOCCNC(=O)OCc1ccccc1. The van der Waals surface area contributed by atoms with Crippen molar-refractivity contribution in [1.29, 1.82) is 0 Å². The van der Waals surface area contributed by atoms with Crippen LogP contribution in [0.4, 0.5) is 10.5 Å². The number of hydrogen-bond donors (Lipinski definition) is 2. The fraction of sp³-hybridized carbons (Fsp3) is 0.500. The van der Waals surface area contributed by atoms with Crippen LogP contribution in [0.5, 0.6) is 5.75 Å². The zero-order valence-corrected chi connectivity index (χ0v) is 20.7. The van der Waals surface area contributed by atoms with Crippen molar-refractivity contribution >= 4 is 11.8 Å². The monoisotopic (exact) mass is 506 g/mol. The predicted molar refractivity (Wildman–Crippen MR) is 135 cm³/mol. The number of carbonyl (C=O) groups is 1. The number of alkyl carbamates (subject to hydrolysis) is 1. The molecule has 0 bridgehead atoms. The first-order valence-electron chi connectivity index (χ1n) is 12.1. The number of ether oxygens (including phenoxy) is 7. The van der Waals surface area contributed by atoms with E-state index in [-0.39, 0.29) is 6.61 Å². The summed E-state index contributed by atoms with van der Waals surface area (Å²) in [5, 5.41) is 2.64. The molecule has 0 atom stereocenters. The number of rotatable bonds is 21. The summed E-state index contributed by atoms with van der Waals surface area (Å²) in [6, 6.07) is 16.9. The molecule has 0 aromatic heterocycles. The zero-order valence-electron chi connectivity index (χ0n) is 20.7. The molecule has 0 aliphatic carbocycles. The maximum absolute atomic E-state index is 11.6. The Morgan fingerprint density at radius 3 is 1.72 bits per heavy atom. The van der Waals surface area contributed by atoms with Gasteiger partial charge in [0.2, 0.25) is 0 Å². The Hall–Kier alpha value is -2.89. The number of benzene rings is 2. The minimum atomic E-state index is -0.466. The van der Waals surface area contributed by atoms with Gasteiger partial charge in [0.05, 0.1) is 71.8 Å². The van der Waals surface area contributed by atoms with Crippen molar-refractivity contribution in [3.05, 3.63) is 60.2 Å². The number of anilines is 1. The molecule has 2 aromatic carbocycles. The highest BCUT2D eigenvalue weighted by Crippen LogP contribution is 2.19. The van der Waals surface area contributed by atoms with E-state index in [1.165, 1.54) is 0 Å². The lowest BCUT2D eigenvalue weighted by Gasteiger charge is -2.10. The Morgan fingerprint density at radius 2 is 1.14 bits per heavy atom. The lowest BCUT2D eigenvalue weighted by molar-refractivity contribution is -0.0124. The second kappa shape index (κ2) is 20.3.